The SMILES string of the molecule is OCC(O)C(S)(S)S. The summed E-state index contributed by atoms with van der Waals surface area (Å²) >= 11 is 11.2. The highest BCUT2D eigenvalue weighted by Gasteiger charge is 2.24. The standard InChI is InChI=1S/C3H8O2S3/c4-1-2(5)3(6,7)8/h2,4-8H,1H2. The summed E-state index contributed by atoms with van der Waals surface area (Å²) in [4.78, 5) is 0. The van der Waals surface area contributed by atoms with Crippen LogP contribution in [-0.2, 0) is 0 Å². The lowest BCUT2D eigenvalue weighted by atomic mass is 10.4. The van der Waals surface area contributed by atoms with Gasteiger partial charge in [0.15, 0.2) is 0 Å². The fourth-order valence-electron chi connectivity index (χ4n) is 0.122. The third-order valence-corrected chi connectivity index (χ3v) is 1.51. The second kappa shape index (κ2) is 3.22. The molecule has 8 heavy (non-hydrogen) atoms. The second-order valence-corrected chi connectivity index (χ2v) is 4.56. The van der Waals surface area contributed by atoms with Gasteiger partial charge in [-0.05, 0) is 0 Å². The van der Waals surface area contributed by atoms with Crippen LogP contribution in [0.15, 0.2) is 0 Å². The molecule has 0 aromatic carbocycles. The predicted molar refractivity (Wildman–Crippen MR) is 42.8 cm³/mol. The summed E-state index contributed by atoms with van der Waals surface area (Å²) in [7, 11) is 0. The van der Waals surface area contributed by atoms with Crippen molar-refractivity contribution in [2.24, 2.45) is 0 Å². The van der Waals surface area contributed by atoms with Crippen molar-refractivity contribution < 1.29 is 10.2 Å². The first-order valence-electron chi connectivity index (χ1n) is 1.94. The molecule has 0 amide bonds. The number of hydrogen-bond acceptors (Lipinski definition) is 5. The van der Waals surface area contributed by atoms with E-state index in [1.54, 1.807) is 0 Å². The zero-order valence-electron chi connectivity index (χ0n) is 4.02. The number of thiol groups is 3. The summed E-state index contributed by atoms with van der Waals surface area (Å²) in [5.74, 6) is 0. The summed E-state index contributed by atoms with van der Waals surface area (Å²) in [5.41, 5.74) is 0. The topological polar surface area (TPSA) is 40.5 Å². The van der Waals surface area contributed by atoms with Gasteiger partial charge in [0.1, 0.15) is 9.52 Å². The summed E-state index contributed by atoms with van der Waals surface area (Å²) in [6.45, 7) is -0.378. The van der Waals surface area contributed by atoms with Gasteiger partial charge in [-0.15, -0.1) is 37.9 Å². The largest absolute Gasteiger partial charge is 0.394 e. The van der Waals surface area contributed by atoms with E-state index >= 15 is 0 Å². The van der Waals surface area contributed by atoms with Crippen LogP contribution in [0.2, 0.25) is 0 Å². The molecule has 2 N–H and O–H groups in total. The Bertz CT molecular complexity index is 69.4. The van der Waals surface area contributed by atoms with Crippen molar-refractivity contribution in [3.8, 4) is 0 Å². The van der Waals surface area contributed by atoms with E-state index < -0.39 is 9.52 Å². The molecule has 0 fully saturated rings. The van der Waals surface area contributed by atoms with Crippen molar-refractivity contribution >= 4 is 37.9 Å². The van der Waals surface area contributed by atoms with E-state index in [1.807, 2.05) is 0 Å². The molecular weight excluding hydrogens is 164 g/mol. The van der Waals surface area contributed by atoms with Gasteiger partial charge < -0.3 is 10.2 Å². The van der Waals surface area contributed by atoms with E-state index in [-0.39, 0.29) is 6.61 Å². The van der Waals surface area contributed by atoms with E-state index in [0.717, 1.165) is 0 Å². The Morgan fingerprint density at radius 2 is 1.75 bits per heavy atom. The molecule has 50 valence electrons. The molecule has 0 aliphatic heterocycles. The average molecular weight is 172 g/mol. The van der Waals surface area contributed by atoms with Crippen LogP contribution in [0.5, 0.6) is 0 Å². The van der Waals surface area contributed by atoms with E-state index in [9.17, 15) is 0 Å². The van der Waals surface area contributed by atoms with Gasteiger partial charge in [-0.1, -0.05) is 0 Å². The molecule has 0 saturated heterocycles. The van der Waals surface area contributed by atoms with Crippen molar-refractivity contribution in [1.29, 1.82) is 0 Å². The van der Waals surface area contributed by atoms with Crippen molar-refractivity contribution in [1.82, 2.24) is 0 Å². The zero-order valence-corrected chi connectivity index (χ0v) is 6.70. The summed E-state index contributed by atoms with van der Waals surface area (Å²) in [6, 6.07) is 0. The molecule has 1 unspecified atom stereocenters. The lowest BCUT2D eigenvalue weighted by molar-refractivity contribution is 0.103. The molecule has 0 heterocycles. The molecule has 0 bridgehead atoms. The smallest absolute Gasteiger partial charge is 0.126 e. The van der Waals surface area contributed by atoms with Crippen LogP contribution in [0.4, 0.5) is 0 Å². The molecule has 0 aromatic heterocycles. The van der Waals surface area contributed by atoms with Gasteiger partial charge in [0.25, 0.3) is 0 Å². The molecule has 0 aliphatic carbocycles. The van der Waals surface area contributed by atoms with Crippen LogP contribution < -0.4 is 0 Å². The normalized spacial score (nSPS) is 16.1. The maximum absolute atomic E-state index is 8.72. The number of rotatable bonds is 2. The molecule has 0 aliphatic rings. The van der Waals surface area contributed by atoms with Gasteiger partial charge in [0.2, 0.25) is 0 Å². The van der Waals surface area contributed by atoms with Gasteiger partial charge in [0.05, 0.1) is 6.61 Å². The maximum atomic E-state index is 8.72. The molecule has 0 aromatic rings. The first-order chi connectivity index (χ1) is 3.48. The Morgan fingerprint density at radius 3 is 1.75 bits per heavy atom. The predicted octanol–water partition coefficient (Wildman–Crippen LogP) is -0.217. The summed E-state index contributed by atoms with van der Waals surface area (Å²) < 4.78 is -1.10. The minimum Gasteiger partial charge on any atom is -0.394 e. The number of aliphatic hydroxyl groups is 2. The van der Waals surface area contributed by atoms with Crippen LogP contribution in [0.1, 0.15) is 0 Å². The van der Waals surface area contributed by atoms with Gasteiger partial charge in [-0.25, -0.2) is 0 Å². The fraction of sp³-hybridized carbons (Fsp3) is 1.00. The van der Waals surface area contributed by atoms with Gasteiger partial charge >= 0.3 is 0 Å². The molecule has 1 atom stereocenters. The summed E-state index contributed by atoms with van der Waals surface area (Å²) in [5, 5.41) is 17.0. The molecule has 0 spiro atoms. The number of hydrogen-bond donors (Lipinski definition) is 5. The highest BCUT2D eigenvalue weighted by atomic mass is 32.2. The fourth-order valence-corrected chi connectivity index (χ4v) is 0.367. The molecular formula is C3H8O2S3. The van der Waals surface area contributed by atoms with Crippen LogP contribution >= 0.6 is 37.9 Å². The van der Waals surface area contributed by atoms with E-state index in [4.69, 9.17) is 10.2 Å². The minimum atomic E-state index is -1.10. The first kappa shape index (κ1) is 8.97. The van der Waals surface area contributed by atoms with Crippen LogP contribution in [0.25, 0.3) is 0 Å². The highest BCUT2D eigenvalue weighted by molar-refractivity contribution is 8.17. The Kier molecular flexibility index (Phi) is 3.61. The van der Waals surface area contributed by atoms with Crippen LogP contribution in [0.3, 0.4) is 0 Å². The first-order valence-corrected chi connectivity index (χ1v) is 3.28. The van der Waals surface area contributed by atoms with Crippen LogP contribution in [-0.4, -0.2) is 26.3 Å². The molecule has 2 nitrogen and oxygen atoms in total. The Labute approximate surface area is 64.5 Å². The minimum absolute atomic E-state index is 0.378. The zero-order chi connectivity index (χ0) is 6.78. The monoisotopic (exact) mass is 172 g/mol. The average Bonchev–Trinajstić information content (AvgIpc) is 1.62. The maximum Gasteiger partial charge on any atom is 0.126 e. The van der Waals surface area contributed by atoms with Gasteiger partial charge in [-0.3, -0.25) is 0 Å². The second-order valence-electron chi connectivity index (χ2n) is 1.39. The van der Waals surface area contributed by atoms with Gasteiger partial charge in [-0.2, -0.15) is 0 Å². The van der Waals surface area contributed by atoms with Crippen molar-refractivity contribution in [2.75, 3.05) is 6.61 Å². The highest BCUT2D eigenvalue weighted by Crippen LogP contribution is 2.27. The van der Waals surface area contributed by atoms with Crippen LogP contribution in [0, 0.1) is 0 Å². The van der Waals surface area contributed by atoms with Gasteiger partial charge in [0, 0.05) is 0 Å². The van der Waals surface area contributed by atoms with Crippen molar-refractivity contribution in [3.05, 3.63) is 0 Å². The Balaban J connectivity index is 3.62. The lowest BCUT2D eigenvalue weighted by Crippen LogP contribution is -2.28. The third kappa shape index (κ3) is 3.09. The van der Waals surface area contributed by atoms with E-state index in [0.29, 0.717) is 0 Å². The molecule has 0 rings (SSSR count). The Hall–Kier alpha value is 0.970. The van der Waals surface area contributed by atoms with E-state index in [1.165, 1.54) is 0 Å². The molecule has 0 radical (unpaired) electrons. The molecule has 0 saturated carbocycles. The lowest BCUT2D eigenvalue weighted by Gasteiger charge is -2.19. The third-order valence-electron chi connectivity index (χ3n) is 0.620. The van der Waals surface area contributed by atoms with Crippen molar-refractivity contribution in [2.45, 2.75) is 9.52 Å². The number of aliphatic hydroxyl groups excluding tert-OH is 2. The Morgan fingerprint density at radius 1 is 1.38 bits per heavy atom. The quantitative estimate of drug-likeness (QED) is 0.295. The molecule has 5 heteroatoms. The summed E-state index contributed by atoms with van der Waals surface area (Å²) in [6.07, 6.45) is -1.00. The van der Waals surface area contributed by atoms with Crippen molar-refractivity contribution in [3.63, 3.8) is 0 Å². The van der Waals surface area contributed by atoms with E-state index in [2.05, 4.69) is 37.9 Å².